The number of nitrogens with one attached hydrogen (secondary N) is 1. The highest BCUT2D eigenvalue weighted by molar-refractivity contribution is 9.10. The Balaban J connectivity index is 1.91. The van der Waals surface area contributed by atoms with Crippen molar-refractivity contribution in [1.29, 1.82) is 0 Å². The molecule has 0 spiro atoms. The summed E-state index contributed by atoms with van der Waals surface area (Å²) >= 11 is 3.50. The van der Waals surface area contributed by atoms with E-state index < -0.39 is 0 Å². The van der Waals surface area contributed by atoms with E-state index in [-0.39, 0.29) is 5.91 Å². The fourth-order valence-corrected chi connectivity index (χ4v) is 4.24. The van der Waals surface area contributed by atoms with Gasteiger partial charge in [-0.15, -0.1) is 0 Å². The lowest BCUT2D eigenvalue weighted by Gasteiger charge is -2.33. The zero-order valence-electron chi connectivity index (χ0n) is 15.6. The van der Waals surface area contributed by atoms with Crippen LogP contribution in [-0.2, 0) is 0 Å². The van der Waals surface area contributed by atoms with Gasteiger partial charge >= 0.3 is 0 Å². The second-order valence-electron chi connectivity index (χ2n) is 7.31. The number of hydrogen-bond donors (Lipinski definition) is 2. The van der Waals surface area contributed by atoms with Crippen molar-refractivity contribution in [3.63, 3.8) is 0 Å². The van der Waals surface area contributed by atoms with E-state index >= 15 is 0 Å². The average molecular weight is 416 g/mol. The topological polar surface area (TPSA) is 58.4 Å². The van der Waals surface area contributed by atoms with E-state index in [1.807, 2.05) is 38.1 Å². The number of benzene rings is 2. The monoisotopic (exact) mass is 415 g/mol. The number of amides is 1. The summed E-state index contributed by atoms with van der Waals surface area (Å²) in [5.74, 6) is 0.629. The Hall–Kier alpha value is -2.01. The Morgan fingerprint density at radius 3 is 2.38 bits per heavy atom. The zero-order valence-corrected chi connectivity index (χ0v) is 17.2. The molecular formula is C21H26BrN3O. The molecule has 26 heavy (non-hydrogen) atoms. The number of carbonyl (C=O) groups excluding carboxylic acids is 1. The van der Waals surface area contributed by atoms with E-state index in [4.69, 9.17) is 5.73 Å². The molecule has 5 heteroatoms. The highest BCUT2D eigenvalue weighted by Crippen LogP contribution is 2.30. The van der Waals surface area contributed by atoms with E-state index in [1.165, 1.54) is 0 Å². The normalized spacial score (nSPS) is 15.2. The summed E-state index contributed by atoms with van der Waals surface area (Å²) in [5, 5.41) is 3.10. The minimum absolute atomic E-state index is 0.112. The molecule has 1 aliphatic rings. The Kier molecular flexibility index (Phi) is 5.56. The van der Waals surface area contributed by atoms with Crippen LogP contribution in [-0.4, -0.2) is 19.0 Å². The Morgan fingerprint density at radius 1 is 1.15 bits per heavy atom. The Bertz CT molecular complexity index is 803. The molecule has 1 fully saturated rings. The predicted octanol–water partition coefficient (Wildman–Crippen LogP) is 5.14. The first-order valence-electron chi connectivity index (χ1n) is 9.07. The van der Waals surface area contributed by atoms with Crippen molar-refractivity contribution in [3.05, 3.63) is 51.5 Å². The molecule has 1 saturated heterocycles. The van der Waals surface area contributed by atoms with E-state index in [0.29, 0.717) is 11.3 Å². The molecule has 1 aliphatic heterocycles. The smallest absolute Gasteiger partial charge is 0.257 e. The number of piperidine rings is 1. The van der Waals surface area contributed by atoms with Crippen molar-refractivity contribution in [2.24, 2.45) is 5.92 Å². The molecule has 2 aromatic carbocycles. The second-order valence-corrected chi connectivity index (χ2v) is 8.23. The third kappa shape index (κ3) is 4.04. The number of halogens is 1. The van der Waals surface area contributed by atoms with Crippen LogP contribution in [0.2, 0.25) is 0 Å². The molecule has 0 radical (unpaired) electrons. The Labute approximate surface area is 163 Å². The van der Waals surface area contributed by atoms with E-state index in [1.54, 1.807) is 6.07 Å². The molecular weight excluding hydrogens is 390 g/mol. The summed E-state index contributed by atoms with van der Waals surface area (Å²) in [6.45, 7) is 8.23. The average Bonchev–Trinajstić information content (AvgIpc) is 2.58. The first-order valence-corrected chi connectivity index (χ1v) is 9.87. The van der Waals surface area contributed by atoms with Gasteiger partial charge in [0.15, 0.2) is 0 Å². The van der Waals surface area contributed by atoms with Gasteiger partial charge in [-0.3, -0.25) is 4.79 Å². The predicted molar refractivity (Wildman–Crippen MR) is 113 cm³/mol. The molecule has 2 aromatic rings. The number of nitrogens with two attached hydrogens (primary N) is 1. The fraction of sp³-hybridized carbons (Fsp3) is 0.381. The van der Waals surface area contributed by atoms with Crippen LogP contribution in [0.3, 0.4) is 0 Å². The maximum absolute atomic E-state index is 13.1. The molecule has 0 bridgehead atoms. The van der Waals surface area contributed by atoms with Gasteiger partial charge in [0.05, 0.1) is 5.56 Å². The van der Waals surface area contributed by atoms with Crippen molar-refractivity contribution >= 4 is 38.9 Å². The second kappa shape index (κ2) is 7.70. The minimum Gasteiger partial charge on any atom is -0.399 e. The summed E-state index contributed by atoms with van der Waals surface area (Å²) in [4.78, 5) is 15.4. The molecule has 4 nitrogen and oxygen atoms in total. The number of nitrogens with zero attached hydrogens (tertiary/aromatic N) is 1. The van der Waals surface area contributed by atoms with Gasteiger partial charge in [0.25, 0.3) is 5.91 Å². The van der Waals surface area contributed by atoms with Crippen LogP contribution in [0.1, 0.15) is 41.3 Å². The van der Waals surface area contributed by atoms with E-state index in [2.05, 4.69) is 33.1 Å². The van der Waals surface area contributed by atoms with Crippen LogP contribution in [0.5, 0.6) is 0 Å². The molecule has 3 N–H and O–H groups in total. The standard InChI is InChI=1S/C21H26BrN3O/c1-13-6-8-25(9-7-13)19-5-4-17(23)12-18(19)21(26)24-20-14(2)10-16(22)11-15(20)3/h4-5,10-13H,6-9,23H2,1-3H3,(H,24,26). The first kappa shape index (κ1) is 18.8. The molecule has 3 rings (SSSR count). The minimum atomic E-state index is -0.112. The molecule has 138 valence electrons. The van der Waals surface area contributed by atoms with Crippen LogP contribution in [0, 0.1) is 19.8 Å². The van der Waals surface area contributed by atoms with Crippen molar-refractivity contribution < 1.29 is 4.79 Å². The van der Waals surface area contributed by atoms with Crippen molar-refractivity contribution in [1.82, 2.24) is 0 Å². The van der Waals surface area contributed by atoms with Gasteiger partial charge in [-0.1, -0.05) is 22.9 Å². The van der Waals surface area contributed by atoms with Gasteiger partial charge in [0.2, 0.25) is 0 Å². The van der Waals surface area contributed by atoms with Crippen LogP contribution >= 0.6 is 15.9 Å². The number of hydrogen-bond acceptors (Lipinski definition) is 3. The number of nitrogen functional groups attached to an aromatic ring is 1. The maximum atomic E-state index is 13.1. The molecule has 0 aromatic heterocycles. The van der Waals surface area contributed by atoms with Crippen molar-refractivity contribution in [2.45, 2.75) is 33.6 Å². The fourth-order valence-electron chi connectivity index (χ4n) is 3.55. The summed E-state index contributed by atoms with van der Waals surface area (Å²) in [7, 11) is 0. The highest BCUT2D eigenvalue weighted by atomic mass is 79.9. The summed E-state index contributed by atoms with van der Waals surface area (Å²) in [5.41, 5.74) is 11.1. The molecule has 0 saturated carbocycles. The van der Waals surface area contributed by atoms with Crippen molar-refractivity contribution in [2.75, 3.05) is 29.0 Å². The maximum Gasteiger partial charge on any atom is 0.257 e. The third-order valence-electron chi connectivity index (χ3n) is 5.13. The quantitative estimate of drug-likeness (QED) is 0.682. The van der Waals surface area contributed by atoms with E-state index in [0.717, 1.165) is 58.8 Å². The lowest BCUT2D eigenvalue weighted by molar-refractivity contribution is 0.102. The van der Waals surface area contributed by atoms with Gasteiger partial charge in [-0.05, 0) is 74.1 Å². The summed E-state index contributed by atoms with van der Waals surface area (Å²) in [6, 6.07) is 9.65. The van der Waals surface area contributed by atoms with Gasteiger partial charge in [0.1, 0.15) is 0 Å². The Morgan fingerprint density at radius 2 is 1.77 bits per heavy atom. The van der Waals surface area contributed by atoms with Crippen LogP contribution < -0.4 is 16.0 Å². The number of rotatable bonds is 3. The van der Waals surface area contributed by atoms with Crippen LogP contribution in [0.25, 0.3) is 0 Å². The number of anilines is 3. The van der Waals surface area contributed by atoms with Crippen molar-refractivity contribution in [3.8, 4) is 0 Å². The SMILES string of the molecule is Cc1cc(Br)cc(C)c1NC(=O)c1cc(N)ccc1N1CCC(C)CC1. The lowest BCUT2D eigenvalue weighted by Crippen LogP contribution is -2.34. The number of carbonyl (C=O) groups is 1. The van der Waals surface area contributed by atoms with Gasteiger partial charge in [-0.25, -0.2) is 0 Å². The highest BCUT2D eigenvalue weighted by Gasteiger charge is 2.22. The summed E-state index contributed by atoms with van der Waals surface area (Å²) < 4.78 is 1.01. The molecule has 1 heterocycles. The summed E-state index contributed by atoms with van der Waals surface area (Å²) in [6.07, 6.45) is 2.30. The molecule has 0 atom stereocenters. The largest absolute Gasteiger partial charge is 0.399 e. The zero-order chi connectivity index (χ0) is 18.8. The molecule has 1 amide bonds. The van der Waals surface area contributed by atoms with E-state index in [9.17, 15) is 4.79 Å². The molecule has 0 unspecified atom stereocenters. The first-order chi connectivity index (χ1) is 12.3. The van der Waals surface area contributed by atoms with Gasteiger partial charge in [-0.2, -0.15) is 0 Å². The van der Waals surface area contributed by atoms with Gasteiger partial charge < -0.3 is 16.0 Å². The number of aryl methyl sites for hydroxylation is 2. The van der Waals surface area contributed by atoms with Crippen LogP contribution in [0.15, 0.2) is 34.8 Å². The van der Waals surface area contributed by atoms with Gasteiger partial charge in [0, 0.05) is 34.6 Å². The lowest BCUT2D eigenvalue weighted by atomic mass is 9.97. The van der Waals surface area contributed by atoms with Crippen LogP contribution in [0.4, 0.5) is 17.1 Å². The molecule has 0 aliphatic carbocycles. The third-order valence-corrected chi connectivity index (χ3v) is 5.58.